The Morgan fingerprint density at radius 1 is 0.805 bits per heavy atom. The molecule has 7 nitrogen and oxygen atoms in total. The molecule has 0 radical (unpaired) electrons. The zero-order valence-electron chi connectivity index (χ0n) is 26.3. The van der Waals surface area contributed by atoms with Crippen molar-refractivity contribution in [2.24, 2.45) is 10.8 Å². The fraction of sp³-hybridized carbons (Fsp3) is 0.441. The third kappa shape index (κ3) is 8.56. The molecule has 0 atom stereocenters. The summed E-state index contributed by atoms with van der Waals surface area (Å²) in [6.45, 7) is 22.2. The van der Waals surface area contributed by atoms with Gasteiger partial charge in [0.1, 0.15) is 17.2 Å². The van der Waals surface area contributed by atoms with Gasteiger partial charge in [0.25, 0.3) is 0 Å². The monoisotopic (exact) mass is 564 g/mol. The Morgan fingerprint density at radius 3 is 1.80 bits per heavy atom. The average molecular weight is 565 g/mol. The predicted octanol–water partition coefficient (Wildman–Crippen LogP) is 7.71. The molecule has 2 aromatic rings. The first-order valence-corrected chi connectivity index (χ1v) is 13.6. The SMILES string of the molecule is C=CC(C)(C)c1ccc(OC(C)C)c(C=C(OC)C(=O)c2ccc(OC(=O)C(C)(C)C)cc2)c1OC(=O)C(C)(C)C. The zero-order valence-corrected chi connectivity index (χ0v) is 26.3. The molecule has 0 saturated heterocycles. The number of ketones is 1. The summed E-state index contributed by atoms with van der Waals surface area (Å²) in [5.74, 6) is -0.232. The van der Waals surface area contributed by atoms with Gasteiger partial charge < -0.3 is 18.9 Å². The van der Waals surface area contributed by atoms with E-state index >= 15 is 0 Å². The predicted molar refractivity (Wildman–Crippen MR) is 161 cm³/mol. The lowest BCUT2D eigenvalue weighted by Gasteiger charge is -2.28. The smallest absolute Gasteiger partial charge is 0.316 e. The van der Waals surface area contributed by atoms with Crippen molar-refractivity contribution in [1.82, 2.24) is 0 Å². The second-order valence-electron chi connectivity index (χ2n) is 12.8. The van der Waals surface area contributed by atoms with Crippen LogP contribution in [0.3, 0.4) is 0 Å². The second kappa shape index (κ2) is 12.8. The lowest BCUT2D eigenvalue weighted by Crippen LogP contribution is -2.28. The lowest BCUT2D eigenvalue weighted by atomic mass is 9.82. The minimum Gasteiger partial charge on any atom is -0.493 e. The lowest BCUT2D eigenvalue weighted by molar-refractivity contribution is -0.143. The van der Waals surface area contributed by atoms with Crippen molar-refractivity contribution >= 4 is 23.8 Å². The van der Waals surface area contributed by atoms with Gasteiger partial charge in [0.05, 0.1) is 29.6 Å². The zero-order chi connectivity index (χ0) is 31.3. The van der Waals surface area contributed by atoms with Gasteiger partial charge in [0, 0.05) is 16.5 Å². The first kappa shape index (κ1) is 33.3. The van der Waals surface area contributed by atoms with Crippen molar-refractivity contribution in [1.29, 1.82) is 0 Å². The van der Waals surface area contributed by atoms with E-state index in [2.05, 4.69) is 6.58 Å². The molecule has 0 aliphatic heterocycles. The molecular weight excluding hydrogens is 520 g/mol. The molecule has 0 saturated carbocycles. The van der Waals surface area contributed by atoms with Crippen molar-refractivity contribution in [2.75, 3.05) is 7.11 Å². The van der Waals surface area contributed by atoms with Crippen molar-refractivity contribution in [2.45, 2.75) is 80.8 Å². The fourth-order valence-corrected chi connectivity index (χ4v) is 3.47. The molecule has 7 heteroatoms. The van der Waals surface area contributed by atoms with E-state index < -0.39 is 28.0 Å². The molecule has 0 fully saturated rings. The molecule has 222 valence electrons. The average Bonchev–Trinajstić information content (AvgIpc) is 2.86. The highest BCUT2D eigenvalue weighted by Crippen LogP contribution is 2.42. The maximum atomic E-state index is 13.6. The van der Waals surface area contributed by atoms with Crippen LogP contribution >= 0.6 is 0 Å². The Kier molecular flexibility index (Phi) is 10.4. The topological polar surface area (TPSA) is 88.1 Å². The van der Waals surface area contributed by atoms with Crippen LogP contribution in [0.2, 0.25) is 0 Å². The maximum absolute atomic E-state index is 13.6. The molecule has 2 aromatic carbocycles. The van der Waals surface area contributed by atoms with Gasteiger partial charge in [-0.3, -0.25) is 14.4 Å². The number of esters is 2. The molecule has 0 aromatic heterocycles. The highest BCUT2D eigenvalue weighted by atomic mass is 16.5. The number of methoxy groups -OCH3 is 1. The standard InChI is InChI=1S/C34H44O7/c1-13-34(10,11)25-18-19-26(39-21(2)3)24(29(25)41-31(37)33(7,8)9)20-27(38-12)28(35)22-14-16-23(17-15-22)40-30(36)32(4,5)6/h13-21H,1H2,2-12H3. The van der Waals surface area contributed by atoms with Crippen LogP contribution in [0.25, 0.3) is 6.08 Å². The van der Waals surface area contributed by atoms with E-state index in [1.807, 2.05) is 33.8 Å². The van der Waals surface area contributed by atoms with Gasteiger partial charge in [-0.05, 0) is 91.8 Å². The Morgan fingerprint density at radius 2 is 1.34 bits per heavy atom. The minimum atomic E-state index is -0.788. The van der Waals surface area contributed by atoms with E-state index in [1.165, 1.54) is 13.2 Å². The van der Waals surface area contributed by atoms with Crippen molar-refractivity contribution in [3.8, 4) is 17.2 Å². The van der Waals surface area contributed by atoms with E-state index in [1.54, 1.807) is 78.0 Å². The third-order valence-corrected chi connectivity index (χ3v) is 6.19. The number of hydrogen-bond donors (Lipinski definition) is 0. The molecule has 41 heavy (non-hydrogen) atoms. The second-order valence-corrected chi connectivity index (χ2v) is 12.8. The van der Waals surface area contributed by atoms with Crippen molar-refractivity contribution in [3.63, 3.8) is 0 Å². The third-order valence-electron chi connectivity index (χ3n) is 6.19. The molecule has 0 bridgehead atoms. The molecular formula is C34H44O7. The van der Waals surface area contributed by atoms with Crippen molar-refractivity contribution < 1.29 is 33.3 Å². The van der Waals surface area contributed by atoms with Gasteiger partial charge in [0.2, 0.25) is 5.78 Å². The van der Waals surface area contributed by atoms with E-state index in [0.717, 1.165) is 0 Å². The van der Waals surface area contributed by atoms with Gasteiger partial charge in [-0.1, -0.05) is 26.0 Å². The summed E-state index contributed by atoms with van der Waals surface area (Å²) >= 11 is 0. The normalized spacial score (nSPS) is 12.5. The summed E-state index contributed by atoms with van der Waals surface area (Å²) < 4.78 is 23.1. The van der Waals surface area contributed by atoms with Crippen LogP contribution in [0.5, 0.6) is 17.2 Å². The Balaban J connectivity index is 2.70. The van der Waals surface area contributed by atoms with Crippen molar-refractivity contribution in [3.05, 3.63) is 71.5 Å². The van der Waals surface area contributed by atoms with Crippen LogP contribution in [0, 0.1) is 10.8 Å². The summed E-state index contributed by atoms with van der Waals surface area (Å²) in [5, 5.41) is 0. The first-order chi connectivity index (χ1) is 18.8. The molecule has 2 rings (SSSR count). The number of carbonyl (C=O) groups is 3. The number of Topliss-reactive ketones (excluding diaryl/α,β-unsaturated/α-hetero) is 1. The highest BCUT2D eigenvalue weighted by Gasteiger charge is 2.31. The van der Waals surface area contributed by atoms with Gasteiger partial charge in [-0.2, -0.15) is 0 Å². The summed E-state index contributed by atoms with van der Waals surface area (Å²) in [4.78, 5) is 38.9. The largest absolute Gasteiger partial charge is 0.493 e. The summed E-state index contributed by atoms with van der Waals surface area (Å²) in [6, 6.07) is 9.86. The highest BCUT2D eigenvalue weighted by molar-refractivity contribution is 6.10. The fourth-order valence-electron chi connectivity index (χ4n) is 3.47. The Hall–Kier alpha value is -3.87. The Bertz CT molecular complexity index is 1310. The number of allylic oxidation sites excluding steroid dienone is 2. The maximum Gasteiger partial charge on any atom is 0.316 e. The minimum absolute atomic E-state index is 0.000316. The van der Waals surface area contributed by atoms with Crippen LogP contribution < -0.4 is 14.2 Å². The summed E-state index contributed by atoms with van der Waals surface area (Å²) in [7, 11) is 1.39. The number of carbonyl (C=O) groups excluding carboxylic acids is 3. The molecule has 0 amide bonds. The quantitative estimate of drug-likeness (QED) is 0.0729. The van der Waals surface area contributed by atoms with E-state index in [9.17, 15) is 14.4 Å². The van der Waals surface area contributed by atoms with Gasteiger partial charge in [0.15, 0.2) is 5.76 Å². The van der Waals surface area contributed by atoms with Gasteiger partial charge in [-0.25, -0.2) is 0 Å². The number of hydrogen-bond acceptors (Lipinski definition) is 7. The van der Waals surface area contributed by atoms with E-state index in [0.29, 0.717) is 28.2 Å². The van der Waals surface area contributed by atoms with Crippen LogP contribution in [0.15, 0.2) is 54.8 Å². The first-order valence-electron chi connectivity index (χ1n) is 13.6. The van der Waals surface area contributed by atoms with Crippen LogP contribution in [-0.4, -0.2) is 30.9 Å². The summed E-state index contributed by atoms with van der Waals surface area (Å²) in [6.07, 6.45) is 3.10. The summed E-state index contributed by atoms with van der Waals surface area (Å²) in [5.41, 5.74) is -0.632. The molecule has 0 N–H and O–H groups in total. The molecule has 0 spiro atoms. The number of ether oxygens (including phenoxy) is 4. The molecule has 0 unspecified atom stereocenters. The van der Waals surface area contributed by atoms with Crippen LogP contribution in [0.4, 0.5) is 0 Å². The molecule has 0 heterocycles. The molecule has 0 aliphatic rings. The van der Waals surface area contributed by atoms with Gasteiger partial charge in [-0.15, -0.1) is 6.58 Å². The van der Waals surface area contributed by atoms with Crippen LogP contribution in [-0.2, 0) is 19.7 Å². The van der Waals surface area contributed by atoms with Gasteiger partial charge >= 0.3 is 11.9 Å². The van der Waals surface area contributed by atoms with Crippen LogP contribution in [0.1, 0.15) is 90.7 Å². The number of rotatable bonds is 10. The number of benzene rings is 2. The molecule has 0 aliphatic carbocycles. The Labute approximate surface area is 244 Å². The van der Waals surface area contributed by atoms with E-state index in [4.69, 9.17) is 18.9 Å². The van der Waals surface area contributed by atoms with E-state index in [-0.39, 0.29) is 23.6 Å².